The van der Waals surface area contributed by atoms with Crippen LogP contribution in [0.15, 0.2) is 27.6 Å². The molecule has 1 aromatic heterocycles. The van der Waals surface area contributed by atoms with E-state index in [2.05, 4.69) is 46.4 Å². The third-order valence-corrected chi connectivity index (χ3v) is 4.86. The highest BCUT2D eigenvalue weighted by Crippen LogP contribution is 2.35. The molecule has 0 radical (unpaired) electrons. The largest absolute Gasteiger partial charge is 0.306 e. The molecule has 0 aliphatic heterocycles. The van der Waals surface area contributed by atoms with E-state index in [1.54, 1.807) is 5.57 Å². The molecule has 1 atom stereocenters. The molecule has 1 aliphatic rings. The lowest BCUT2D eigenvalue weighted by atomic mass is 9.93. The van der Waals surface area contributed by atoms with Gasteiger partial charge in [0.25, 0.3) is 0 Å². The normalized spacial score (nSPS) is 17.9. The molecule has 1 aromatic rings. The number of hydrogen-bond donors (Lipinski definition) is 1. The predicted octanol–water partition coefficient (Wildman–Crippen LogP) is 5.05. The van der Waals surface area contributed by atoms with Crippen molar-refractivity contribution >= 4 is 27.3 Å². The molecule has 1 aliphatic carbocycles. The van der Waals surface area contributed by atoms with Crippen LogP contribution in [0.1, 0.15) is 49.9 Å². The van der Waals surface area contributed by atoms with E-state index in [9.17, 15) is 0 Å². The first-order valence-electron chi connectivity index (χ1n) is 6.49. The Kier molecular flexibility index (Phi) is 5.26. The monoisotopic (exact) mass is 313 g/mol. The van der Waals surface area contributed by atoms with Crippen LogP contribution in [0.25, 0.3) is 0 Å². The van der Waals surface area contributed by atoms with Gasteiger partial charge in [-0.05, 0) is 66.7 Å². The Morgan fingerprint density at radius 2 is 2.29 bits per heavy atom. The number of hydrogen-bond acceptors (Lipinski definition) is 2. The number of allylic oxidation sites excluding steroid dienone is 1. The molecule has 1 N–H and O–H groups in total. The van der Waals surface area contributed by atoms with Crippen LogP contribution < -0.4 is 5.32 Å². The Labute approximate surface area is 116 Å². The van der Waals surface area contributed by atoms with Gasteiger partial charge in [-0.3, -0.25) is 0 Å². The highest BCUT2D eigenvalue weighted by Gasteiger charge is 2.18. The molecule has 0 bridgehead atoms. The summed E-state index contributed by atoms with van der Waals surface area (Å²) in [4.78, 5) is 1.44. The van der Waals surface area contributed by atoms with E-state index in [0.29, 0.717) is 6.04 Å². The van der Waals surface area contributed by atoms with Crippen LogP contribution >= 0.6 is 27.3 Å². The van der Waals surface area contributed by atoms with Gasteiger partial charge in [-0.15, -0.1) is 11.3 Å². The summed E-state index contributed by atoms with van der Waals surface area (Å²) in [5.74, 6) is 0. The lowest BCUT2D eigenvalue weighted by Gasteiger charge is -2.23. The Hall–Kier alpha value is -0.120. The van der Waals surface area contributed by atoms with Gasteiger partial charge in [0.2, 0.25) is 0 Å². The third kappa shape index (κ3) is 3.67. The summed E-state index contributed by atoms with van der Waals surface area (Å²) in [5.41, 5.74) is 1.60. The first kappa shape index (κ1) is 13.3. The summed E-state index contributed by atoms with van der Waals surface area (Å²) in [6.45, 7) is 3.32. The Bertz CT molecular complexity index is 383. The zero-order valence-corrected chi connectivity index (χ0v) is 12.7. The minimum absolute atomic E-state index is 0.451. The van der Waals surface area contributed by atoms with Gasteiger partial charge in [-0.1, -0.05) is 18.6 Å². The van der Waals surface area contributed by atoms with Crippen LogP contribution in [-0.2, 0) is 0 Å². The first-order valence-corrected chi connectivity index (χ1v) is 8.09. The molecular weight excluding hydrogens is 294 g/mol. The highest BCUT2D eigenvalue weighted by atomic mass is 79.9. The summed E-state index contributed by atoms with van der Waals surface area (Å²) in [6, 6.07) is 4.85. The molecule has 0 spiro atoms. The van der Waals surface area contributed by atoms with Gasteiger partial charge in [0.05, 0.1) is 9.83 Å². The average Bonchev–Trinajstić information content (AvgIpc) is 2.78. The molecule has 94 valence electrons. The van der Waals surface area contributed by atoms with Gasteiger partial charge < -0.3 is 5.32 Å². The molecule has 17 heavy (non-hydrogen) atoms. The smallest absolute Gasteiger partial charge is 0.0702 e. The van der Waals surface area contributed by atoms with Crippen molar-refractivity contribution in [3.05, 3.63) is 32.4 Å². The molecule has 0 aromatic carbocycles. The van der Waals surface area contributed by atoms with Crippen molar-refractivity contribution in [2.24, 2.45) is 0 Å². The van der Waals surface area contributed by atoms with Crippen LogP contribution in [0.4, 0.5) is 0 Å². The van der Waals surface area contributed by atoms with E-state index in [0.717, 1.165) is 6.54 Å². The molecular formula is C14H20BrNS. The van der Waals surface area contributed by atoms with Gasteiger partial charge in [0, 0.05) is 4.88 Å². The lowest BCUT2D eigenvalue weighted by molar-refractivity contribution is 0.552. The SMILES string of the molecule is CCCNC(C1=CCCCC1)c1ccc(Br)s1. The van der Waals surface area contributed by atoms with E-state index in [-0.39, 0.29) is 0 Å². The number of thiophene rings is 1. The molecule has 0 fully saturated rings. The van der Waals surface area contributed by atoms with Crippen molar-refractivity contribution in [2.45, 2.75) is 45.1 Å². The van der Waals surface area contributed by atoms with Gasteiger partial charge in [0.1, 0.15) is 0 Å². The number of rotatable bonds is 5. The maximum Gasteiger partial charge on any atom is 0.0702 e. The molecule has 1 nitrogen and oxygen atoms in total. The second-order valence-corrected chi connectivity index (χ2v) is 7.05. The van der Waals surface area contributed by atoms with Crippen LogP contribution in [-0.4, -0.2) is 6.54 Å². The summed E-state index contributed by atoms with van der Waals surface area (Å²) in [5, 5.41) is 3.69. The Balaban J connectivity index is 2.15. The van der Waals surface area contributed by atoms with Gasteiger partial charge in [-0.25, -0.2) is 0 Å². The maximum atomic E-state index is 3.69. The minimum atomic E-state index is 0.451. The Morgan fingerprint density at radius 3 is 2.88 bits per heavy atom. The van der Waals surface area contributed by atoms with Crippen molar-refractivity contribution in [2.75, 3.05) is 6.54 Å². The van der Waals surface area contributed by atoms with Crippen molar-refractivity contribution < 1.29 is 0 Å². The summed E-state index contributed by atoms with van der Waals surface area (Å²) in [7, 11) is 0. The molecule has 0 saturated heterocycles. The molecule has 1 unspecified atom stereocenters. The van der Waals surface area contributed by atoms with Crippen LogP contribution in [0.3, 0.4) is 0 Å². The molecule has 1 heterocycles. The third-order valence-electron chi connectivity index (χ3n) is 3.17. The van der Waals surface area contributed by atoms with Crippen LogP contribution in [0, 0.1) is 0 Å². The lowest BCUT2D eigenvalue weighted by Crippen LogP contribution is -2.23. The minimum Gasteiger partial charge on any atom is -0.306 e. The number of halogens is 1. The second kappa shape index (κ2) is 6.72. The second-order valence-electron chi connectivity index (χ2n) is 4.55. The van der Waals surface area contributed by atoms with Crippen molar-refractivity contribution in [3.63, 3.8) is 0 Å². The van der Waals surface area contributed by atoms with E-state index in [4.69, 9.17) is 0 Å². The summed E-state index contributed by atoms with van der Waals surface area (Å²) < 4.78 is 1.23. The van der Waals surface area contributed by atoms with Gasteiger partial charge >= 0.3 is 0 Å². The highest BCUT2D eigenvalue weighted by molar-refractivity contribution is 9.11. The van der Waals surface area contributed by atoms with Gasteiger partial charge in [-0.2, -0.15) is 0 Å². The zero-order chi connectivity index (χ0) is 12.1. The fraction of sp³-hybridized carbons (Fsp3) is 0.571. The fourth-order valence-corrected chi connectivity index (χ4v) is 3.85. The standard InChI is InChI=1S/C14H20BrNS/c1-2-10-16-14(11-6-4-3-5-7-11)12-8-9-13(15)17-12/h6,8-9,14,16H,2-5,7,10H2,1H3. The van der Waals surface area contributed by atoms with E-state index in [1.165, 1.54) is 40.8 Å². The van der Waals surface area contributed by atoms with Crippen molar-refractivity contribution in [1.82, 2.24) is 5.32 Å². The number of nitrogens with one attached hydrogen (secondary N) is 1. The molecule has 3 heteroatoms. The topological polar surface area (TPSA) is 12.0 Å². The van der Waals surface area contributed by atoms with Gasteiger partial charge in [0.15, 0.2) is 0 Å². The van der Waals surface area contributed by atoms with Crippen molar-refractivity contribution in [3.8, 4) is 0 Å². The van der Waals surface area contributed by atoms with E-state index >= 15 is 0 Å². The summed E-state index contributed by atoms with van der Waals surface area (Å²) >= 11 is 5.42. The fourth-order valence-electron chi connectivity index (χ4n) is 2.31. The van der Waals surface area contributed by atoms with E-state index < -0.39 is 0 Å². The average molecular weight is 314 g/mol. The van der Waals surface area contributed by atoms with Crippen molar-refractivity contribution in [1.29, 1.82) is 0 Å². The zero-order valence-electron chi connectivity index (χ0n) is 10.3. The molecule has 0 amide bonds. The molecule has 0 saturated carbocycles. The van der Waals surface area contributed by atoms with Crippen LogP contribution in [0.2, 0.25) is 0 Å². The predicted molar refractivity (Wildman–Crippen MR) is 79.6 cm³/mol. The first-order chi connectivity index (χ1) is 8.31. The maximum absolute atomic E-state index is 3.69. The quantitative estimate of drug-likeness (QED) is 0.750. The molecule has 2 rings (SSSR count). The van der Waals surface area contributed by atoms with Crippen LogP contribution in [0.5, 0.6) is 0 Å². The summed E-state index contributed by atoms with van der Waals surface area (Å²) in [6.07, 6.45) is 8.87. The Morgan fingerprint density at radius 1 is 1.41 bits per heavy atom. The van der Waals surface area contributed by atoms with E-state index in [1.807, 2.05) is 11.3 Å².